The van der Waals surface area contributed by atoms with E-state index in [2.05, 4.69) is 15.5 Å². The number of anilines is 1. The number of nitrogens with zero attached hydrogens (tertiary/aromatic N) is 3. The van der Waals surface area contributed by atoms with E-state index in [4.69, 9.17) is 9.15 Å². The minimum absolute atomic E-state index is 0.0219. The van der Waals surface area contributed by atoms with Gasteiger partial charge < -0.3 is 14.5 Å². The molecule has 1 aliphatic heterocycles. The highest BCUT2D eigenvalue weighted by Gasteiger charge is 2.20. The SMILES string of the molecule is Cc1nnc(-c2ccc(NCC3CCCO3)c([N+](=O)[O-])c2)o1. The van der Waals surface area contributed by atoms with E-state index in [1.165, 1.54) is 6.07 Å². The Kier molecular flexibility index (Phi) is 4.01. The normalized spacial score (nSPS) is 17.6. The van der Waals surface area contributed by atoms with E-state index in [1.807, 2.05) is 0 Å². The maximum atomic E-state index is 11.3. The fraction of sp³-hybridized carbons (Fsp3) is 0.429. The molecule has 0 radical (unpaired) electrons. The Morgan fingerprint density at radius 2 is 2.32 bits per heavy atom. The number of rotatable bonds is 5. The lowest BCUT2D eigenvalue weighted by molar-refractivity contribution is -0.383. The zero-order valence-electron chi connectivity index (χ0n) is 12.1. The van der Waals surface area contributed by atoms with Crippen molar-refractivity contribution in [2.45, 2.75) is 25.9 Å². The van der Waals surface area contributed by atoms with Gasteiger partial charge in [0.15, 0.2) is 0 Å². The molecule has 0 spiro atoms. The fourth-order valence-electron chi connectivity index (χ4n) is 2.41. The van der Waals surface area contributed by atoms with Crippen LogP contribution >= 0.6 is 0 Å². The quantitative estimate of drug-likeness (QED) is 0.668. The molecule has 0 aliphatic carbocycles. The summed E-state index contributed by atoms with van der Waals surface area (Å²) in [5.41, 5.74) is 0.960. The summed E-state index contributed by atoms with van der Waals surface area (Å²) in [6.45, 7) is 2.98. The summed E-state index contributed by atoms with van der Waals surface area (Å²) in [6, 6.07) is 4.81. The van der Waals surface area contributed by atoms with Gasteiger partial charge in [-0.05, 0) is 25.0 Å². The van der Waals surface area contributed by atoms with Gasteiger partial charge in [-0.1, -0.05) is 0 Å². The lowest BCUT2D eigenvalue weighted by Gasteiger charge is -2.12. The second kappa shape index (κ2) is 6.10. The van der Waals surface area contributed by atoms with Gasteiger partial charge in [0.2, 0.25) is 11.8 Å². The molecule has 1 aliphatic rings. The van der Waals surface area contributed by atoms with Crippen molar-refractivity contribution in [2.75, 3.05) is 18.5 Å². The number of ether oxygens (including phenoxy) is 1. The van der Waals surface area contributed by atoms with Gasteiger partial charge in [-0.25, -0.2) is 0 Å². The summed E-state index contributed by atoms with van der Waals surface area (Å²) in [6.07, 6.45) is 2.11. The van der Waals surface area contributed by atoms with Crippen molar-refractivity contribution in [1.29, 1.82) is 0 Å². The summed E-state index contributed by atoms with van der Waals surface area (Å²) in [5.74, 6) is 0.685. The van der Waals surface area contributed by atoms with Crippen LogP contribution in [0.15, 0.2) is 22.6 Å². The Hall–Kier alpha value is -2.48. The van der Waals surface area contributed by atoms with Crippen molar-refractivity contribution in [3.63, 3.8) is 0 Å². The van der Waals surface area contributed by atoms with Crippen LogP contribution in [0.1, 0.15) is 18.7 Å². The molecule has 1 unspecified atom stereocenters. The van der Waals surface area contributed by atoms with Crippen LogP contribution in [0.2, 0.25) is 0 Å². The maximum Gasteiger partial charge on any atom is 0.293 e. The Morgan fingerprint density at radius 3 is 2.95 bits per heavy atom. The van der Waals surface area contributed by atoms with Gasteiger partial charge in [0, 0.05) is 31.7 Å². The molecule has 2 heterocycles. The van der Waals surface area contributed by atoms with Crippen molar-refractivity contribution in [3.05, 3.63) is 34.2 Å². The molecule has 0 saturated carbocycles. The molecule has 8 heteroatoms. The Balaban J connectivity index is 1.82. The topological polar surface area (TPSA) is 103 Å². The van der Waals surface area contributed by atoms with Crippen molar-refractivity contribution < 1.29 is 14.1 Å². The largest absolute Gasteiger partial charge is 0.421 e. The summed E-state index contributed by atoms with van der Waals surface area (Å²) >= 11 is 0. The third-order valence-corrected chi connectivity index (χ3v) is 3.51. The number of hydrogen-bond acceptors (Lipinski definition) is 7. The predicted octanol–water partition coefficient (Wildman–Crippen LogP) is 2.54. The average molecular weight is 304 g/mol. The van der Waals surface area contributed by atoms with Gasteiger partial charge in [0.1, 0.15) is 5.69 Å². The number of nitrogens with one attached hydrogen (secondary N) is 1. The average Bonchev–Trinajstić information content (AvgIpc) is 3.16. The van der Waals surface area contributed by atoms with E-state index in [0.717, 1.165) is 19.4 Å². The molecule has 1 aromatic carbocycles. The van der Waals surface area contributed by atoms with E-state index in [9.17, 15) is 10.1 Å². The van der Waals surface area contributed by atoms with E-state index in [-0.39, 0.29) is 17.7 Å². The highest BCUT2D eigenvalue weighted by atomic mass is 16.6. The van der Waals surface area contributed by atoms with E-state index in [0.29, 0.717) is 23.7 Å². The molecule has 1 N–H and O–H groups in total. The first-order chi connectivity index (χ1) is 10.6. The molecule has 3 rings (SSSR count). The summed E-state index contributed by atoms with van der Waals surface area (Å²) in [5, 5.41) is 22.0. The monoisotopic (exact) mass is 304 g/mol. The smallest absolute Gasteiger partial charge is 0.293 e. The lowest BCUT2D eigenvalue weighted by Crippen LogP contribution is -2.18. The maximum absolute atomic E-state index is 11.3. The van der Waals surface area contributed by atoms with E-state index >= 15 is 0 Å². The molecule has 1 atom stereocenters. The van der Waals surface area contributed by atoms with E-state index in [1.54, 1.807) is 19.1 Å². The Labute approximate surface area is 126 Å². The van der Waals surface area contributed by atoms with Crippen molar-refractivity contribution in [1.82, 2.24) is 10.2 Å². The zero-order chi connectivity index (χ0) is 15.5. The molecule has 0 amide bonds. The van der Waals surface area contributed by atoms with Crippen LogP contribution in [0, 0.1) is 17.0 Å². The van der Waals surface area contributed by atoms with Crippen LogP contribution in [0.3, 0.4) is 0 Å². The minimum Gasteiger partial charge on any atom is -0.421 e. The number of aryl methyl sites for hydroxylation is 1. The van der Waals surface area contributed by atoms with Crippen LogP contribution < -0.4 is 5.32 Å². The first kappa shape index (κ1) is 14.5. The second-order valence-corrected chi connectivity index (χ2v) is 5.13. The van der Waals surface area contributed by atoms with Crippen molar-refractivity contribution in [3.8, 4) is 11.5 Å². The molecule has 1 aromatic heterocycles. The highest BCUT2D eigenvalue weighted by molar-refractivity contribution is 5.69. The van der Waals surface area contributed by atoms with Crippen LogP contribution in [0.5, 0.6) is 0 Å². The molecule has 116 valence electrons. The molecule has 22 heavy (non-hydrogen) atoms. The zero-order valence-corrected chi connectivity index (χ0v) is 12.1. The van der Waals surface area contributed by atoms with Gasteiger partial charge >= 0.3 is 0 Å². The number of nitro benzene ring substituents is 1. The molecule has 8 nitrogen and oxygen atoms in total. The molecule has 0 bridgehead atoms. The predicted molar refractivity (Wildman–Crippen MR) is 78.6 cm³/mol. The Morgan fingerprint density at radius 1 is 1.45 bits per heavy atom. The second-order valence-electron chi connectivity index (χ2n) is 5.13. The summed E-state index contributed by atoms with van der Waals surface area (Å²) < 4.78 is 10.8. The van der Waals surface area contributed by atoms with Crippen molar-refractivity contribution in [2.24, 2.45) is 0 Å². The number of hydrogen-bond donors (Lipinski definition) is 1. The van der Waals surface area contributed by atoms with Gasteiger partial charge in [-0.15, -0.1) is 10.2 Å². The molecule has 2 aromatic rings. The lowest BCUT2D eigenvalue weighted by atomic mass is 10.1. The van der Waals surface area contributed by atoms with E-state index < -0.39 is 4.92 Å². The first-order valence-corrected chi connectivity index (χ1v) is 7.08. The van der Waals surface area contributed by atoms with Gasteiger partial charge in [-0.3, -0.25) is 10.1 Å². The third-order valence-electron chi connectivity index (χ3n) is 3.51. The number of aromatic nitrogens is 2. The van der Waals surface area contributed by atoms with Gasteiger partial charge in [-0.2, -0.15) is 0 Å². The molecular weight excluding hydrogens is 288 g/mol. The highest BCUT2D eigenvalue weighted by Crippen LogP contribution is 2.30. The van der Waals surface area contributed by atoms with Gasteiger partial charge in [0.25, 0.3) is 5.69 Å². The minimum atomic E-state index is -0.426. The molecule has 1 fully saturated rings. The number of nitro groups is 1. The Bertz CT molecular complexity index is 679. The summed E-state index contributed by atoms with van der Waals surface area (Å²) in [4.78, 5) is 10.8. The number of benzene rings is 1. The molecular formula is C14H16N4O4. The third kappa shape index (κ3) is 3.06. The molecule has 1 saturated heterocycles. The van der Waals surface area contributed by atoms with Crippen molar-refractivity contribution >= 4 is 11.4 Å². The van der Waals surface area contributed by atoms with Crippen LogP contribution in [-0.2, 0) is 4.74 Å². The van der Waals surface area contributed by atoms with Crippen LogP contribution in [-0.4, -0.2) is 34.4 Å². The first-order valence-electron chi connectivity index (χ1n) is 7.08. The van der Waals surface area contributed by atoms with Crippen LogP contribution in [0.4, 0.5) is 11.4 Å². The summed E-state index contributed by atoms with van der Waals surface area (Å²) in [7, 11) is 0. The van der Waals surface area contributed by atoms with Crippen LogP contribution in [0.25, 0.3) is 11.5 Å². The fourth-order valence-corrected chi connectivity index (χ4v) is 2.41. The standard InChI is InChI=1S/C14H16N4O4/c1-9-16-17-14(22-9)10-4-5-12(13(7-10)18(19)20)15-8-11-3-2-6-21-11/h4-5,7,11,15H,2-3,6,8H2,1H3. The van der Waals surface area contributed by atoms with Gasteiger partial charge in [0.05, 0.1) is 11.0 Å².